The van der Waals surface area contributed by atoms with Gasteiger partial charge in [0, 0.05) is 11.8 Å². The van der Waals surface area contributed by atoms with E-state index in [2.05, 4.69) is 20.9 Å². The second-order valence-corrected chi connectivity index (χ2v) is 4.79. The molecule has 1 heterocycles. The molecule has 0 radical (unpaired) electrons. The van der Waals surface area contributed by atoms with Gasteiger partial charge in [-0.15, -0.1) is 0 Å². The maximum atomic E-state index is 12.6. The molecule has 1 aromatic heterocycles. The second-order valence-electron chi connectivity index (χ2n) is 3.57. The van der Waals surface area contributed by atoms with Crippen molar-refractivity contribution < 1.29 is 13.2 Å². The summed E-state index contributed by atoms with van der Waals surface area (Å²) in [6.07, 6.45) is -2.94. The van der Waals surface area contributed by atoms with Crippen LogP contribution in [-0.4, -0.2) is 4.98 Å². The van der Waals surface area contributed by atoms with Gasteiger partial charge in [0.25, 0.3) is 0 Å². The normalized spacial score (nSPS) is 11.6. The van der Waals surface area contributed by atoms with E-state index in [4.69, 9.17) is 11.6 Å². The van der Waals surface area contributed by atoms with Gasteiger partial charge in [-0.25, -0.2) is 4.98 Å². The highest BCUT2D eigenvalue weighted by molar-refractivity contribution is 9.10. The van der Waals surface area contributed by atoms with Gasteiger partial charge in [-0.2, -0.15) is 13.2 Å². The molecule has 0 atom stereocenters. The second kappa shape index (κ2) is 4.90. The Morgan fingerprint density at radius 1 is 1.17 bits per heavy atom. The zero-order valence-electron chi connectivity index (χ0n) is 8.80. The van der Waals surface area contributed by atoms with Crippen LogP contribution >= 0.6 is 27.5 Å². The molecule has 0 fully saturated rings. The molecule has 0 bridgehead atoms. The summed E-state index contributed by atoms with van der Waals surface area (Å²) < 4.78 is 38.3. The van der Waals surface area contributed by atoms with E-state index in [1.165, 1.54) is 18.3 Å². The first-order valence-electron chi connectivity index (χ1n) is 4.86. The van der Waals surface area contributed by atoms with Gasteiger partial charge in [0.1, 0.15) is 4.60 Å². The standard InChI is InChI=1S/C12H6BrClF3N/c13-11-5-10(14)9(6-18-11)7-2-1-3-8(4-7)12(15,16)17/h1-6H. The van der Waals surface area contributed by atoms with Crippen LogP contribution in [0.15, 0.2) is 41.1 Å². The van der Waals surface area contributed by atoms with Crippen LogP contribution in [0.2, 0.25) is 5.02 Å². The highest BCUT2D eigenvalue weighted by Gasteiger charge is 2.30. The summed E-state index contributed by atoms with van der Waals surface area (Å²) in [5, 5.41) is 0.344. The van der Waals surface area contributed by atoms with Crippen LogP contribution in [0.25, 0.3) is 11.1 Å². The van der Waals surface area contributed by atoms with Gasteiger partial charge in [-0.1, -0.05) is 23.7 Å². The van der Waals surface area contributed by atoms with E-state index in [1.54, 1.807) is 6.07 Å². The number of nitrogens with zero attached hydrogens (tertiary/aromatic N) is 1. The Bertz CT molecular complexity index is 584. The fourth-order valence-corrected chi connectivity index (χ4v) is 2.21. The van der Waals surface area contributed by atoms with Crippen molar-refractivity contribution in [2.45, 2.75) is 6.18 Å². The molecule has 6 heteroatoms. The first kappa shape index (κ1) is 13.4. The smallest absolute Gasteiger partial charge is 0.249 e. The number of alkyl halides is 3. The van der Waals surface area contributed by atoms with Gasteiger partial charge in [-0.05, 0) is 39.7 Å². The average molecular weight is 337 g/mol. The van der Waals surface area contributed by atoms with Crippen LogP contribution in [0, 0.1) is 0 Å². The molecule has 2 rings (SSSR count). The minimum Gasteiger partial charge on any atom is -0.249 e. The lowest BCUT2D eigenvalue weighted by Gasteiger charge is -2.09. The number of hydrogen-bond donors (Lipinski definition) is 0. The van der Waals surface area contributed by atoms with Crippen LogP contribution in [0.4, 0.5) is 13.2 Å². The molecular formula is C12H6BrClF3N. The number of pyridine rings is 1. The summed E-state index contributed by atoms with van der Waals surface area (Å²) >= 11 is 9.12. The van der Waals surface area contributed by atoms with Crippen LogP contribution in [0.5, 0.6) is 0 Å². The minimum atomic E-state index is -4.37. The van der Waals surface area contributed by atoms with Gasteiger partial charge >= 0.3 is 6.18 Å². The Morgan fingerprint density at radius 2 is 1.89 bits per heavy atom. The lowest BCUT2D eigenvalue weighted by Crippen LogP contribution is -2.04. The first-order chi connectivity index (χ1) is 8.38. The fourth-order valence-electron chi connectivity index (χ4n) is 1.48. The highest BCUT2D eigenvalue weighted by atomic mass is 79.9. The predicted octanol–water partition coefficient (Wildman–Crippen LogP) is 5.18. The molecule has 1 aromatic carbocycles. The van der Waals surface area contributed by atoms with Crippen LogP contribution in [0.1, 0.15) is 5.56 Å². The predicted molar refractivity (Wildman–Crippen MR) is 67.4 cm³/mol. The quantitative estimate of drug-likeness (QED) is 0.654. The third-order valence-corrected chi connectivity index (χ3v) is 3.07. The summed E-state index contributed by atoms with van der Waals surface area (Å²) in [6.45, 7) is 0. The molecule has 0 unspecified atom stereocenters. The zero-order valence-corrected chi connectivity index (χ0v) is 11.1. The van der Waals surface area contributed by atoms with Gasteiger partial charge in [0.2, 0.25) is 0 Å². The van der Waals surface area contributed by atoms with Crippen LogP contribution in [-0.2, 0) is 6.18 Å². The minimum absolute atomic E-state index is 0.344. The zero-order chi connectivity index (χ0) is 13.3. The van der Waals surface area contributed by atoms with Crippen molar-refractivity contribution in [1.82, 2.24) is 4.98 Å². The van der Waals surface area contributed by atoms with Gasteiger partial charge < -0.3 is 0 Å². The number of halogens is 5. The number of benzene rings is 1. The summed E-state index contributed by atoms with van der Waals surface area (Å²) in [4.78, 5) is 3.96. The Labute approximate surface area is 115 Å². The van der Waals surface area contributed by atoms with E-state index >= 15 is 0 Å². The lowest BCUT2D eigenvalue weighted by molar-refractivity contribution is -0.137. The number of aromatic nitrogens is 1. The van der Waals surface area contributed by atoms with Crippen molar-refractivity contribution in [3.8, 4) is 11.1 Å². The molecule has 18 heavy (non-hydrogen) atoms. The molecule has 0 spiro atoms. The topological polar surface area (TPSA) is 12.9 Å². The maximum absolute atomic E-state index is 12.6. The van der Waals surface area contributed by atoms with E-state index in [9.17, 15) is 13.2 Å². The molecule has 0 N–H and O–H groups in total. The Balaban J connectivity index is 2.51. The maximum Gasteiger partial charge on any atom is 0.416 e. The fraction of sp³-hybridized carbons (Fsp3) is 0.0833. The van der Waals surface area contributed by atoms with Crippen molar-refractivity contribution in [2.24, 2.45) is 0 Å². The first-order valence-corrected chi connectivity index (χ1v) is 6.04. The molecule has 0 aliphatic carbocycles. The van der Waals surface area contributed by atoms with Crippen molar-refractivity contribution in [1.29, 1.82) is 0 Å². The van der Waals surface area contributed by atoms with E-state index in [0.29, 0.717) is 20.8 Å². The molecule has 2 aromatic rings. The lowest BCUT2D eigenvalue weighted by atomic mass is 10.0. The number of rotatable bonds is 1. The average Bonchev–Trinajstić information content (AvgIpc) is 2.28. The molecule has 0 saturated heterocycles. The van der Waals surface area contributed by atoms with Crippen molar-refractivity contribution in [3.05, 3.63) is 51.7 Å². The summed E-state index contributed by atoms with van der Waals surface area (Å²) in [5.74, 6) is 0. The van der Waals surface area contributed by atoms with Crippen LogP contribution < -0.4 is 0 Å². The van der Waals surface area contributed by atoms with E-state index in [1.807, 2.05) is 0 Å². The van der Waals surface area contributed by atoms with E-state index in [-0.39, 0.29) is 0 Å². The molecule has 0 saturated carbocycles. The SMILES string of the molecule is FC(F)(F)c1cccc(-c2cnc(Br)cc2Cl)c1. The molecule has 0 aliphatic rings. The monoisotopic (exact) mass is 335 g/mol. The molecule has 0 aliphatic heterocycles. The van der Waals surface area contributed by atoms with Gasteiger partial charge in [0.05, 0.1) is 10.6 Å². The van der Waals surface area contributed by atoms with Gasteiger partial charge in [-0.3, -0.25) is 0 Å². The third kappa shape index (κ3) is 2.84. The summed E-state index contributed by atoms with van der Waals surface area (Å²) in [7, 11) is 0. The Kier molecular flexibility index (Phi) is 3.64. The van der Waals surface area contributed by atoms with Gasteiger partial charge in [0.15, 0.2) is 0 Å². The molecule has 0 amide bonds. The van der Waals surface area contributed by atoms with Crippen LogP contribution in [0.3, 0.4) is 0 Å². The van der Waals surface area contributed by atoms with Crippen molar-refractivity contribution in [2.75, 3.05) is 0 Å². The Hall–Kier alpha value is -1.07. The molecular weight excluding hydrogens is 330 g/mol. The third-order valence-electron chi connectivity index (χ3n) is 2.32. The summed E-state index contributed by atoms with van der Waals surface area (Å²) in [5.41, 5.74) is 0.139. The summed E-state index contributed by atoms with van der Waals surface area (Å²) in [6, 6.07) is 6.51. The largest absolute Gasteiger partial charge is 0.416 e. The van der Waals surface area contributed by atoms with Crippen molar-refractivity contribution in [3.63, 3.8) is 0 Å². The Morgan fingerprint density at radius 3 is 2.50 bits per heavy atom. The van der Waals surface area contributed by atoms with Crippen molar-refractivity contribution >= 4 is 27.5 Å². The van der Waals surface area contributed by atoms with E-state index in [0.717, 1.165) is 12.1 Å². The number of hydrogen-bond acceptors (Lipinski definition) is 1. The molecule has 1 nitrogen and oxygen atoms in total. The molecule has 94 valence electrons. The van der Waals surface area contributed by atoms with E-state index < -0.39 is 11.7 Å². The highest BCUT2D eigenvalue weighted by Crippen LogP contribution is 2.34.